The molecule has 0 unspecified atom stereocenters. The quantitative estimate of drug-likeness (QED) is 0.538. The first kappa shape index (κ1) is 17.1. The maximum atomic E-state index is 8.87. The van der Waals surface area contributed by atoms with Crippen LogP contribution in [-0.2, 0) is 13.1 Å². The minimum Gasteiger partial charge on any atom is -0.395 e. The summed E-state index contributed by atoms with van der Waals surface area (Å²) >= 11 is 0. The van der Waals surface area contributed by atoms with Crippen LogP contribution in [0.1, 0.15) is 33.4 Å². The van der Waals surface area contributed by atoms with Crippen LogP contribution in [0.5, 0.6) is 0 Å². The van der Waals surface area contributed by atoms with Gasteiger partial charge in [0.15, 0.2) is 0 Å². The molecule has 4 N–H and O–H groups in total. The van der Waals surface area contributed by atoms with Crippen LogP contribution in [0.15, 0.2) is 0 Å². The Hall–Kier alpha value is -0.940. The first-order chi connectivity index (χ1) is 9.54. The summed E-state index contributed by atoms with van der Waals surface area (Å²) in [6.45, 7) is 11.8. The fraction of sp³-hybridized carbons (Fsp3) is 0.625. The van der Waals surface area contributed by atoms with Crippen LogP contribution >= 0.6 is 0 Å². The van der Waals surface area contributed by atoms with Gasteiger partial charge in [-0.05, 0) is 61.1 Å². The molecule has 0 bridgehead atoms. The Labute approximate surface area is 122 Å². The summed E-state index contributed by atoms with van der Waals surface area (Å²) in [5.41, 5.74) is 7.94. The summed E-state index contributed by atoms with van der Waals surface area (Å²) in [5, 5.41) is 24.3. The van der Waals surface area contributed by atoms with E-state index in [1.54, 1.807) is 0 Å². The van der Waals surface area contributed by atoms with Crippen LogP contribution in [0, 0.1) is 27.7 Å². The molecular weight excluding hydrogens is 252 g/mol. The molecule has 0 aromatic heterocycles. The van der Waals surface area contributed by atoms with E-state index in [1.807, 2.05) is 0 Å². The molecular formula is C16H28N2O2. The van der Waals surface area contributed by atoms with Crippen molar-refractivity contribution in [1.29, 1.82) is 0 Å². The molecule has 4 heteroatoms. The van der Waals surface area contributed by atoms with Gasteiger partial charge in [-0.2, -0.15) is 0 Å². The van der Waals surface area contributed by atoms with Crippen LogP contribution in [0.3, 0.4) is 0 Å². The van der Waals surface area contributed by atoms with Gasteiger partial charge in [-0.1, -0.05) is 0 Å². The minimum atomic E-state index is 0.166. The van der Waals surface area contributed by atoms with Crippen LogP contribution in [0.4, 0.5) is 0 Å². The van der Waals surface area contributed by atoms with E-state index in [4.69, 9.17) is 10.2 Å². The molecule has 0 aliphatic rings. The van der Waals surface area contributed by atoms with E-state index in [-0.39, 0.29) is 13.2 Å². The second-order valence-corrected chi connectivity index (χ2v) is 5.26. The van der Waals surface area contributed by atoms with E-state index >= 15 is 0 Å². The van der Waals surface area contributed by atoms with Crippen LogP contribution in [-0.4, -0.2) is 36.5 Å². The minimum absolute atomic E-state index is 0.166. The molecule has 20 heavy (non-hydrogen) atoms. The molecule has 0 saturated carbocycles. The van der Waals surface area contributed by atoms with Gasteiger partial charge in [0.2, 0.25) is 0 Å². The van der Waals surface area contributed by atoms with Crippen molar-refractivity contribution in [3.8, 4) is 0 Å². The van der Waals surface area contributed by atoms with Crippen molar-refractivity contribution in [2.45, 2.75) is 40.8 Å². The summed E-state index contributed by atoms with van der Waals surface area (Å²) in [5.74, 6) is 0. The molecule has 4 nitrogen and oxygen atoms in total. The van der Waals surface area contributed by atoms with Crippen molar-refractivity contribution in [3.05, 3.63) is 33.4 Å². The lowest BCUT2D eigenvalue weighted by Crippen LogP contribution is -2.22. The molecule has 0 radical (unpaired) electrons. The van der Waals surface area contributed by atoms with Crippen LogP contribution in [0.25, 0.3) is 0 Å². The highest BCUT2D eigenvalue weighted by Crippen LogP contribution is 2.26. The molecule has 0 aliphatic heterocycles. The number of rotatable bonds is 8. The average molecular weight is 280 g/mol. The molecule has 0 spiro atoms. The van der Waals surface area contributed by atoms with Crippen molar-refractivity contribution in [2.24, 2.45) is 0 Å². The maximum Gasteiger partial charge on any atom is 0.0556 e. The Morgan fingerprint density at radius 1 is 0.650 bits per heavy atom. The van der Waals surface area contributed by atoms with E-state index in [0.717, 1.165) is 13.1 Å². The monoisotopic (exact) mass is 280 g/mol. The maximum absolute atomic E-state index is 8.87. The first-order valence-corrected chi connectivity index (χ1v) is 7.25. The second kappa shape index (κ2) is 8.37. The van der Waals surface area contributed by atoms with Gasteiger partial charge in [-0.3, -0.25) is 0 Å². The van der Waals surface area contributed by atoms with Crippen molar-refractivity contribution in [3.63, 3.8) is 0 Å². The summed E-state index contributed by atoms with van der Waals surface area (Å²) in [6.07, 6.45) is 0. The Morgan fingerprint density at radius 3 is 1.20 bits per heavy atom. The second-order valence-electron chi connectivity index (χ2n) is 5.26. The highest BCUT2D eigenvalue weighted by molar-refractivity contribution is 5.50. The number of nitrogens with one attached hydrogen (secondary N) is 2. The van der Waals surface area contributed by atoms with Gasteiger partial charge in [0.1, 0.15) is 0 Å². The van der Waals surface area contributed by atoms with E-state index in [9.17, 15) is 0 Å². The topological polar surface area (TPSA) is 64.5 Å². The van der Waals surface area contributed by atoms with Gasteiger partial charge in [0.25, 0.3) is 0 Å². The van der Waals surface area contributed by atoms with Crippen molar-refractivity contribution < 1.29 is 10.2 Å². The molecule has 0 fully saturated rings. The Morgan fingerprint density at radius 2 is 0.950 bits per heavy atom. The lowest BCUT2D eigenvalue weighted by atomic mass is 9.88. The molecule has 1 rings (SSSR count). The fourth-order valence-corrected chi connectivity index (χ4v) is 2.58. The molecule has 1 aromatic rings. The number of hydrogen-bond acceptors (Lipinski definition) is 4. The van der Waals surface area contributed by atoms with Gasteiger partial charge in [-0.25, -0.2) is 0 Å². The number of aliphatic hydroxyl groups excluding tert-OH is 2. The van der Waals surface area contributed by atoms with E-state index in [0.29, 0.717) is 13.1 Å². The molecule has 114 valence electrons. The summed E-state index contributed by atoms with van der Waals surface area (Å²) < 4.78 is 0. The standard InChI is InChI=1S/C16H28N2O2/c1-11-12(2)16(10-18-6-8-20)14(4)13(3)15(11)9-17-5-7-19/h17-20H,5-10H2,1-4H3. The SMILES string of the molecule is Cc1c(C)c(CNCCO)c(C)c(C)c1CNCCO. The highest BCUT2D eigenvalue weighted by Gasteiger charge is 2.13. The molecule has 0 heterocycles. The third-order valence-electron chi connectivity index (χ3n) is 4.12. The molecule has 0 aliphatic carbocycles. The van der Waals surface area contributed by atoms with Gasteiger partial charge >= 0.3 is 0 Å². The molecule has 0 saturated heterocycles. The summed E-state index contributed by atoms with van der Waals surface area (Å²) in [6, 6.07) is 0. The van der Waals surface area contributed by atoms with E-state index in [1.165, 1.54) is 33.4 Å². The van der Waals surface area contributed by atoms with Gasteiger partial charge in [0.05, 0.1) is 13.2 Å². The lowest BCUT2D eigenvalue weighted by molar-refractivity contribution is 0.291. The zero-order valence-corrected chi connectivity index (χ0v) is 13.1. The third-order valence-corrected chi connectivity index (χ3v) is 4.12. The van der Waals surface area contributed by atoms with Gasteiger partial charge in [0, 0.05) is 26.2 Å². The number of aliphatic hydroxyl groups is 2. The normalized spacial score (nSPS) is 11.1. The van der Waals surface area contributed by atoms with Crippen LogP contribution in [0.2, 0.25) is 0 Å². The molecule has 0 amide bonds. The molecule has 0 atom stereocenters. The van der Waals surface area contributed by atoms with Gasteiger partial charge < -0.3 is 20.8 Å². The predicted molar refractivity (Wildman–Crippen MR) is 83.0 cm³/mol. The first-order valence-electron chi connectivity index (χ1n) is 7.25. The third kappa shape index (κ3) is 4.03. The summed E-state index contributed by atoms with van der Waals surface area (Å²) in [7, 11) is 0. The predicted octanol–water partition coefficient (Wildman–Crippen LogP) is 1.08. The Balaban J connectivity index is 3.00. The van der Waals surface area contributed by atoms with Gasteiger partial charge in [-0.15, -0.1) is 0 Å². The van der Waals surface area contributed by atoms with E-state index in [2.05, 4.69) is 38.3 Å². The Bertz CT molecular complexity index is 375. The highest BCUT2D eigenvalue weighted by atomic mass is 16.3. The average Bonchev–Trinajstić information content (AvgIpc) is 2.44. The van der Waals surface area contributed by atoms with E-state index < -0.39 is 0 Å². The van der Waals surface area contributed by atoms with Crippen molar-refractivity contribution in [2.75, 3.05) is 26.3 Å². The molecule has 1 aromatic carbocycles. The van der Waals surface area contributed by atoms with Crippen molar-refractivity contribution >= 4 is 0 Å². The van der Waals surface area contributed by atoms with Crippen LogP contribution < -0.4 is 10.6 Å². The Kier molecular flexibility index (Phi) is 7.16. The number of benzene rings is 1. The van der Waals surface area contributed by atoms with Crippen molar-refractivity contribution in [1.82, 2.24) is 10.6 Å². The zero-order chi connectivity index (χ0) is 15.1. The zero-order valence-electron chi connectivity index (χ0n) is 13.1. The summed E-state index contributed by atoms with van der Waals surface area (Å²) in [4.78, 5) is 0. The fourth-order valence-electron chi connectivity index (χ4n) is 2.58. The number of hydrogen-bond donors (Lipinski definition) is 4. The lowest BCUT2D eigenvalue weighted by Gasteiger charge is -2.21. The smallest absolute Gasteiger partial charge is 0.0556 e. The largest absolute Gasteiger partial charge is 0.395 e.